The molecule has 7 heteroatoms. The van der Waals surface area contributed by atoms with Crippen LogP contribution in [0.3, 0.4) is 0 Å². The molecule has 0 unspecified atom stereocenters. The minimum absolute atomic E-state index is 0.0857. The van der Waals surface area contributed by atoms with Gasteiger partial charge in [0.15, 0.2) is 5.82 Å². The molecule has 3 rings (SSSR count). The van der Waals surface area contributed by atoms with Crippen LogP contribution in [0.25, 0.3) is 0 Å². The van der Waals surface area contributed by atoms with E-state index < -0.39 is 0 Å². The van der Waals surface area contributed by atoms with E-state index in [1.54, 1.807) is 7.11 Å². The number of hydrogen-bond donors (Lipinski definition) is 0. The lowest BCUT2D eigenvalue weighted by Gasteiger charge is -2.41. The van der Waals surface area contributed by atoms with Crippen molar-refractivity contribution in [1.29, 1.82) is 0 Å². The third-order valence-corrected chi connectivity index (χ3v) is 6.21. The Morgan fingerprint density at radius 2 is 1.79 bits per heavy atom. The Morgan fingerprint density at radius 1 is 1.10 bits per heavy atom. The molecule has 1 atom stereocenters. The summed E-state index contributed by atoms with van der Waals surface area (Å²) in [4.78, 5) is 5.06. The van der Waals surface area contributed by atoms with E-state index in [0.29, 0.717) is 5.92 Å². The number of benzene rings is 1. The molecule has 0 bridgehead atoms. The third-order valence-electron chi connectivity index (χ3n) is 6.21. The molecule has 1 aliphatic heterocycles. The van der Waals surface area contributed by atoms with Crippen LogP contribution in [0.2, 0.25) is 0 Å². The highest BCUT2D eigenvalue weighted by Gasteiger charge is 2.34. The van der Waals surface area contributed by atoms with E-state index in [0.717, 1.165) is 50.7 Å². The van der Waals surface area contributed by atoms with Gasteiger partial charge in [0.1, 0.15) is 5.75 Å². The molecular weight excluding hydrogens is 364 g/mol. The van der Waals surface area contributed by atoms with Gasteiger partial charge in [-0.2, -0.15) is 0 Å². The van der Waals surface area contributed by atoms with Crippen LogP contribution in [0.15, 0.2) is 24.3 Å². The fourth-order valence-corrected chi connectivity index (χ4v) is 4.12. The highest BCUT2D eigenvalue weighted by Crippen LogP contribution is 2.31. The maximum absolute atomic E-state index is 5.52. The summed E-state index contributed by atoms with van der Waals surface area (Å²) in [5, 5.41) is 12.9. The molecule has 1 aliphatic rings. The topological polar surface area (TPSA) is 59.3 Å². The van der Waals surface area contributed by atoms with Gasteiger partial charge in [-0.15, -0.1) is 5.10 Å². The zero-order valence-electron chi connectivity index (χ0n) is 18.8. The molecule has 2 heterocycles. The predicted octanol–water partition coefficient (Wildman–Crippen LogP) is 3.34. The van der Waals surface area contributed by atoms with Crippen molar-refractivity contribution < 1.29 is 4.74 Å². The van der Waals surface area contributed by atoms with E-state index in [1.807, 2.05) is 16.8 Å². The van der Waals surface area contributed by atoms with Gasteiger partial charge in [-0.25, -0.2) is 4.68 Å². The van der Waals surface area contributed by atoms with Crippen LogP contribution in [-0.2, 0) is 12.1 Å². The van der Waals surface area contributed by atoms with Crippen molar-refractivity contribution in [3.8, 4) is 5.75 Å². The molecule has 0 spiro atoms. The summed E-state index contributed by atoms with van der Waals surface area (Å²) in [6, 6.07) is 8.52. The molecule has 0 aliphatic carbocycles. The van der Waals surface area contributed by atoms with Gasteiger partial charge >= 0.3 is 0 Å². The number of para-hydroxylation sites is 1. The van der Waals surface area contributed by atoms with Crippen LogP contribution >= 0.6 is 0 Å². The highest BCUT2D eigenvalue weighted by molar-refractivity contribution is 5.33. The molecule has 2 aromatic rings. The van der Waals surface area contributed by atoms with Crippen LogP contribution in [0, 0.1) is 5.92 Å². The largest absolute Gasteiger partial charge is 0.496 e. The van der Waals surface area contributed by atoms with Crippen molar-refractivity contribution in [2.45, 2.75) is 59.2 Å². The zero-order chi connectivity index (χ0) is 21.0. The summed E-state index contributed by atoms with van der Waals surface area (Å²) in [7, 11) is 1.74. The van der Waals surface area contributed by atoms with Gasteiger partial charge in [0.2, 0.25) is 0 Å². The Balaban J connectivity index is 1.71. The Labute approximate surface area is 175 Å². The Kier molecular flexibility index (Phi) is 6.90. The van der Waals surface area contributed by atoms with E-state index in [2.05, 4.69) is 72.1 Å². The van der Waals surface area contributed by atoms with Gasteiger partial charge in [-0.3, -0.25) is 9.80 Å². The molecule has 29 heavy (non-hydrogen) atoms. The SMILES string of the molecule is CCC(C)(C)n1nnnc1[C@H](C(C)C)N1CCN(Cc2ccccc2OC)CC1. The summed E-state index contributed by atoms with van der Waals surface area (Å²) in [6.07, 6.45) is 0.989. The average molecular weight is 401 g/mol. The molecule has 1 aromatic carbocycles. The summed E-state index contributed by atoms with van der Waals surface area (Å²) in [6.45, 7) is 16.1. The molecule has 160 valence electrons. The summed E-state index contributed by atoms with van der Waals surface area (Å²) in [5.41, 5.74) is 1.16. The second-order valence-electron chi connectivity index (χ2n) is 8.93. The van der Waals surface area contributed by atoms with Gasteiger partial charge in [-0.05, 0) is 42.7 Å². The van der Waals surface area contributed by atoms with Crippen molar-refractivity contribution in [3.05, 3.63) is 35.7 Å². The number of nitrogens with zero attached hydrogens (tertiary/aromatic N) is 6. The van der Waals surface area contributed by atoms with Crippen molar-refractivity contribution in [2.75, 3.05) is 33.3 Å². The first-order chi connectivity index (χ1) is 13.9. The summed E-state index contributed by atoms with van der Waals surface area (Å²) >= 11 is 0. The number of hydrogen-bond acceptors (Lipinski definition) is 6. The van der Waals surface area contributed by atoms with Crippen LogP contribution in [0.5, 0.6) is 5.75 Å². The van der Waals surface area contributed by atoms with E-state index in [9.17, 15) is 0 Å². The zero-order valence-corrected chi connectivity index (χ0v) is 18.8. The number of ether oxygens (including phenoxy) is 1. The predicted molar refractivity (Wildman–Crippen MR) is 115 cm³/mol. The number of piperazine rings is 1. The van der Waals surface area contributed by atoms with Crippen LogP contribution < -0.4 is 4.74 Å². The van der Waals surface area contributed by atoms with E-state index in [4.69, 9.17) is 4.74 Å². The lowest BCUT2D eigenvalue weighted by Crippen LogP contribution is -2.49. The lowest BCUT2D eigenvalue weighted by atomic mass is 9.97. The second-order valence-corrected chi connectivity index (χ2v) is 8.93. The lowest BCUT2D eigenvalue weighted by molar-refractivity contribution is 0.0628. The second kappa shape index (κ2) is 9.22. The fraction of sp³-hybridized carbons (Fsp3) is 0.682. The average Bonchev–Trinajstić information content (AvgIpc) is 3.20. The van der Waals surface area contributed by atoms with E-state index in [1.165, 1.54) is 5.56 Å². The molecule has 0 N–H and O–H groups in total. The monoisotopic (exact) mass is 400 g/mol. The molecular formula is C22H36N6O. The minimum atomic E-state index is -0.0857. The van der Waals surface area contributed by atoms with Gasteiger partial charge in [-0.1, -0.05) is 39.0 Å². The van der Waals surface area contributed by atoms with Crippen LogP contribution in [0.1, 0.15) is 58.5 Å². The Morgan fingerprint density at radius 3 is 2.41 bits per heavy atom. The smallest absolute Gasteiger partial charge is 0.169 e. The summed E-state index contributed by atoms with van der Waals surface area (Å²) in [5.74, 6) is 2.40. The highest BCUT2D eigenvalue weighted by atomic mass is 16.5. The maximum Gasteiger partial charge on any atom is 0.169 e. The maximum atomic E-state index is 5.52. The molecule has 1 fully saturated rings. The third kappa shape index (κ3) is 4.78. The number of tetrazole rings is 1. The molecule has 0 radical (unpaired) electrons. The molecule has 1 aromatic heterocycles. The van der Waals surface area contributed by atoms with Crippen LogP contribution in [-0.4, -0.2) is 63.3 Å². The van der Waals surface area contributed by atoms with Gasteiger partial charge < -0.3 is 4.74 Å². The van der Waals surface area contributed by atoms with Crippen LogP contribution in [0.4, 0.5) is 0 Å². The van der Waals surface area contributed by atoms with Crippen molar-refractivity contribution in [2.24, 2.45) is 5.92 Å². The minimum Gasteiger partial charge on any atom is -0.496 e. The van der Waals surface area contributed by atoms with Gasteiger partial charge in [0, 0.05) is 38.3 Å². The molecule has 0 amide bonds. The number of aromatic nitrogens is 4. The standard InChI is InChI=1S/C22H36N6O/c1-7-22(4,5)28-21(23-24-25-28)20(17(2)3)27-14-12-26(13-15-27)16-18-10-8-9-11-19(18)29-6/h8-11,17,20H,7,12-16H2,1-6H3/t20-/m0/s1. The van der Waals surface area contributed by atoms with Crippen molar-refractivity contribution in [1.82, 2.24) is 30.0 Å². The van der Waals surface area contributed by atoms with Gasteiger partial charge in [0.05, 0.1) is 18.7 Å². The molecule has 7 nitrogen and oxygen atoms in total. The Hall–Kier alpha value is -1.99. The van der Waals surface area contributed by atoms with Crippen molar-refractivity contribution in [3.63, 3.8) is 0 Å². The first-order valence-electron chi connectivity index (χ1n) is 10.7. The quantitative estimate of drug-likeness (QED) is 0.677. The first kappa shape index (κ1) is 21.7. The first-order valence-corrected chi connectivity index (χ1v) is 10.7. The fourth-order valence-electron chi connectivity index (χ4n) is 4.12. The van der Waals surface area contributed by atoms with Crippen molar-refractivity contribution >= 4 is 0 Å². The van der Waals surface area contributed by atoms with E-state index >= 15 is 0 Å². The molecule has 1 saturated heterocycles. The molecule has 0 saturated carbocycles. The number of rotatable bonds is 8. The summed E-state index contributed by atoms with van der Waals surface area (Å²) < 4.78 is 7.56. The number of methoxy groups -OCH3 is 1. The Bertz CT molecular complexity index is 779. The van der Waals surface area contributed by atoms with E-state index in [-0.39, 0.29) is 11.6 Å². The van der Waals surface area contributed by atoms with Gasteiger partial charge in [0.25, 0.3) is 0 Å². The normalized spacial score (nSPS) is 17.6.